The summed E-state index contributed by atoms with van der Waals surface area (Å²) in [6, 6.07) is 5.98. The summed E-state index contributed by atoms with van der Waals surface area (Å²) in [5, 5.41) is 4.56. The maximum Gasteiger partial charge on any atom is 0.407 e. The summed E-state index contributed by atoms with van der Waals surface area (Å²) in [5.41, 5.74) is 1.35. The number of fused-ring (bicyclic) bond motifs is 1. The van der Waals surface area contributed by atoms with Gasteiger partial charge in [-0.15, -0.1) is 0 Å². The number of halogens is 2. The van der Waals surface area contributed by atoms with E-state index in [1.54, 1.807) is 6.20 Å². The molecule has 1 aliphatic heterocycles. The lowest BCUT2D eigenvalue weighted by Crippen LogP contribution is -2.40. The second kappa shape index (κ2) is 7.00. The lowest BCUT2D eigenvalue weighted by Gasteiger charge is -2.23. The first-order valence-electron chi connectivity index (χ1n) is 8.21. The molecule has 1 saturated heterocycles. The molecule has 0 bridgehead atoms. The quantitative estimate of drug-likeness (QED) is 0.752. The number of anilines is 1. The molecular formula is C18H21BrClN3O2. The summed E-state index contributed by atoms with van der Waals surface area (Å²) in [5.74, 6) is 0. The van der Waals surface area contributed by atoms with E-state index in [9.17, 15) is 4.79 Å². The minimum atomic E-state index is -0.501. The lowest BCUT2D eigenvalue weighted by atomic mass is 10.1. The number of hydrogen-bond donors (Lipinski definition) is 1. The van der Waals surface area contributed by atoms with Crippen LogP contribution in [0.5, 0.6) is 0 Å². The number of alkyl carbamates (subject to hydrolysis) is 1. The number of rotatable bonds is 2. The average Bonchev–Trinajstić information content (AvgIpc) is 2.92. The van der Waals surface area contributed by atoms with Crippen LogP contribution in [0, 0.1) is 0 Å². The second-order valence-corrected chi connectivity index (χ2v) is 8.52. The van der Waals surface area contributed by atoms with Crippen LogP contribution in [0.15, 0.2) is 28.9 Å². The van der Waals surface area contributed by atoms with Crippen molar-refractivity contribution >= 4 is 50.2 Å². The number of carbonyl (C=O) groups excluding carboxylic acids is 1. The highest BCUT2D eigenvalue weighted by Crippen LogP contribution is 2.36. The van der Waals surface area contributed by atoms with E-state index in [2.05, 4.69) is 31.1 Å². The van der Waals surface area contributed by atoms with Gasteiger partial charge in [-0.25, -0.2) is 4.79 Å². The van der Waals surface area contributed by atoms with Crippen molar-refractivity contribution in [3.8, 4) is 0 Å². The Morgan fingerprint density at radius 1 is 1.44 bits per heavy atom. The van der Waals surface area contributed by atoms with Crippen molar-refractivity contribution in [2.24, 2.45) is 0 Å². The Morgan fingerprint density at radius 2 is 2.20 bits per heavy atom. The van der Waals surface area contributed by atoms with Crippen LogP contribution in [0.3, 0.4) is 0 Å². The van der Waals surface area contributed by atoms with Gasteiger partial charge in [0.1, 0.15) is 5.60 Å². The van der Waals surface area contributed by atoms with Gasteiger partial charge < -0.3 is 15.0 Å². The molecule has 3 rings (SSSR count). The largest absolute Gasteiger partial charge is 0.444 e. The fourth-order valence-electron chi connectivity index (χ4n) is 3.00. The Hall–Kier alpha value is -1.53. The Labute approximate surface area is 160 Å². The normalized spacial score (nSPS) is 17.8. The summed E-state index contributed by atoms with van der Waals surface area (Å²) in [6.07, 6.45) is 2.14. The zero-order chi connectivity index (χ0) is 18.2. The van der Waals surface area contributed by atoms with Gasteiger partial charge in [-0.1, -0.05) is 27.5 Å². The topological polar surface area (TPSA) is 54.5 Å². The molecule has 0 unspecified atom stereocenters. The van der Waals surface area contributed by atoms with Gasteiger partial charge >= 0.3 is 6.09 Å². The number of aromatic nitrogens is 1. The molecule has 25 heavy (non-hydrogen) atoms. The predicted octanol–water partition coefficient (Wildman–Crippen LogP) is 4.75. The maximum atomic E-state index is 12.0. The fourth-order valence-corrected chi connectivity index (χ4v) is 3.63. The monoisotopic (exact) mass is 425 g/mol. The first kappa shape index (κ1) is 18.3. The number of amides is 1. The van der Waals surface area contributed by atoms with Gasteiger partial charge in [0.25, 0.3) is 0 Å². The van der Waals surface area contributed by atoms with Crippen molar-refractivity contribution in [1.29, 1.82) is 0 Å². The molecule has 134 valence electrons. The van der Waals surface area contributed by atoms with Crippen molar-refractivity contribution < 1.29 is 9.53 Å². The Kier molecular flexibility index (Phi) is 5.11. The minimum absolute atomic E-state index is 0.0290. The van der Waals surface area contributed by atoms with Crippen LogP contribution in [0.4, 0.5) is 10.5 Å². The van der Waals surface area contributed by atoms with Gasteiger partial charge in [-0.05, 0) is 45.4 Å². The number of benzene rings is 1. The van der Waals surface area contributed by atoms with Gasteiger partial charge in [0, 0.05) is 29.1 Å². The molecule has 1 aliphatic rings. The van der Waals surface area contributed by atoms with Gasteiger partial charge in [-0.2, -0.15) is 0 Å². The molecule has 0 saturated carbocycles. The van der Waals surface area contributed by atoms with Crippen LogP contribution in [0.2, 0.25) is 5.02 Å². The van der Waals surface area contributed by atoms with Crippen molar-refractivity contribution in [2.45, 2.75) is 38.8 Å². The maximum absolute atomic E-state index is 12.0. The van der Waals surface area contributed by atoms with Crippen molar-refractivity contribution in [3.63, 3.8) is 0 Å². The van der Waals surface area contributed by atoms with E-state index in [1.807, 2.05) is 39.0 Å². The van der Waals surface area contributed by atoms with Gasteiger partial charge in [-0.3, -0.25) is 4.98 Å². The minimum Gasteiger partial charge on any atom is -0.444 e. The first-order chi connectivity index (χ1) is 11.7. The van der Waals surface area contributed by atoms with Crippen LogP contribution in [-0.4, -0.2) is 35.8 Å². The summed E-state index contributed by atoms with van der Waals surface area (Å²) < 4.78 is 6.32. The fraction of sp³-hybridized carbons (Fsp3) is 0.444. The Bertz CT molecular complexity index is 801. The van der Waals surface area contributed by atoms with Gasteiger partial charge in [0.05, 0.1) is 22.3 Å². The molecule has 1 aromatic carbocycles. The number of nitrogens with zero attached hydrogens (tertiary/aromatic N) is 2. The average molecular weight is 427 g/mol. The molecule has 1 atom stereocenters. The van der Waals surface area contributed by atoms with E-state index in [0.29, 0.717) is 11.6 Å². The van der Waals surface area contributed by atoms with E-state index in [4.69, 9.17) is 16.3 Å². The summed E-state index contributed by atoms with van der Waals surface area (Å²) in [7, 11) is 0. The second-order valence-electron chi connectivity index (χ2n) is 7.19. The standard InChI is InChI=1S/C18H21BrClN3O2/c1-18(2,3)25-17(24)22-12-6-7-23(10-12)16-13-8-11(19)4-5-15(13)21-9-14(16)20/h4-5,8-9,12H,6-7,10H2,1-3H3,(H,22,24)/t12-/m0/s1. The highest BCUT2D eigenvalue weighted by molar-refractivity contribution is 9.10. The number of nitrogens with one attached hydrogen (secondary N) is 1. The van der Waals surface area contributed by atoms with E-state index in [-0.39, 0.29) is 12.1 Å². The third kappa shape index (κ3) is 4.36. The SMILES string of the molecule is CC(C)(C)OC(=O)N[C@H]1CCN(c2c(Cl)cnc3ccc(Br)cc23)C1. The molecule has 1 fully saturated rings. The molecule has 0 aliphatic carbocycles. The van der Waals surface area contributed by atoms with E-state index in [0.717, 1.165) is 34.0 Å². The third-order valence-corrected chi connectivity index (χ3v) is 4.75. The highest BCUT2D eigenvalue weighted by atomic mass is 79.9. The molecule has 0 spiro atoms. The Morgan fingerprint density at radius 3 is 2.92 bits per heavy atom. The predicted molar refractivity (Wildman–Crippen MR) is 104 cm³/mol. The number of carbonyl (C=O) groups is 1. The van der Waals surface area contributed by atoms with Crippen LogP contribution in [0.25, 0.3) is 10.9 Å². The molecule has 2 aromatic rings. The molecule has 1 amide bonds. The highest BCUT2D eigenvalue weighted by Gasteiger charge is 2.28. The molecule has 5 nitrogen and oxygen atoms in total. The number of pyridine rings is 1. The van der Waals surface area contributed by atoms with Gasteiger partial charge in [0.2, 0.25) is 0 Å². The van der Waals surface area contributed by atoms with Crippen LogP contribution in [0.1, 0.15) is 27.2 Å². The number of ether oxygens (including phenoxy) is 1. The summed E-state index contributed by atoms with van der Waals surface area (Å²) in [4.78, 5) is 18.6. The zero-order valence-electron chi connectivity index (χ0n) is 14.5. The van der Waals surface area contributed by atoms with Crippen molar-refractivity contribution in [3.05, 3.63) is 33.9 Å². The molecule has 7 heteroatoms. The number of hydrogen-bond acceptors (Lipinski definition) is 4. The van der Waals surface area contributed by atoms with Gasteiger partial charge in [0.15, 0.2) is 0 Å². The van der Waals surface area contributed by atoms with E-state index >= 15 is 0 Å². The smallest absolute Gasteiger partial charge is 0.407 e. The van der Waals surface area contributed by atoms with E-state index < -0.39 is 5.60 Å². The lowest BCUT2D eigenvalue weighted by molar-refractivity contribution is 0.0509. The zero-order valence-corrected chi connectivity index (χ0v) is 16.8. The summed E-state index contributed by atoms with van der Waals surface area (Å²) >= 11 is 9.95. The molecule has 1 N–H and O–H groups in total. The first-order valence-corrected chi connectivity index (χ1v) is 9.38. The molecule has 0 radical (unpaired) electrons. The van der Waals surface area contributed by atoms with Crippen molar-refractivity contribution in [2.75, 3.05) is 18.0 Å². The Balaban J connectivity index is 1.78. The molecular weight excluding hydrogens is 406 g/mol. The van der Waals surface area contributed by atoms with Crippen molar-refractivity contribution in [1.82, 2.24) is 10.3 Å². The van der Waals surface area contributed by atoms with E-state index in [1.165, 1.54) is 0 Å². The molecule has 1 aromatic heterocycles. The van der Waals surface area contributed by atoms with Crippen LogP contribution < -0.4 is 10.2 Å². The van der Waals surface area contributed by atoms with Crippen LogP contribution in [-0.2, 0) is 4.74 Å². The summed E-state index contributed by atoms with van der Waals surface area (Å²) in [6.45, 7) is 7.06. The third-order valence-electron chi connectivity index (χ3n) is 3.98. The molecule has 2 heterocycles. The van der Waals surface area contributed by atoms with Crippen LogP contribution >= 0.6 is 27.5 Å².